The fourth-order valence-corrected chi connectivity index (χ4v) is 2.12. The number of hydrogen-bond donors (Lipinski definition) is 1. The third-order valence-corrected chi connectivity index (χ3v) is 3.31. The smallest absolute Gasteiger partial charge is 0.273 e. The Morgan fingerprint density at radius 1 is 1.44 bits per heavy atom. The highest BCUT2D eigenvalue weighted by molar-refractivity contribution is 9.10. The van der Waals surface area contributed by atoms with Crippen LogP contribution in [0, 0.1) is 0 Å². The summed E-state index contributed by atoms with van der Waals surface area (Å²) >= 11 is 3.49. The highest BCUT2D eigenvalue weighted by Crippen LogP contribution is 2.17. The summed E-state index contributed by atoms with van der Waals surface area (Å²) in [7, 11) is 0. The molecule has 4 nitrogen and oxygen atoms in total. The van der Waals surface area contributed by atoms with E-state index in [-0.39, 0.29) is 11.9 Å². The number of amides is 1. The molecule has 0 aliphatic rings. The van der Waals surface area contributed by atoms with Crippen LogP contribution in [-0.2, 0) is 6.42 Å². The van der Waals surface area contributed by atoms with Crippen LogP contribution in [0.25, 0.3) is 0 Å². The second-order valence-electron chi connectivity index (χ2n) is 4.05. The first kappa shape index (κ1) is 12.8. The summed E-state index contributed by atoms with van der Waals surface area (Å²) in [6.07, 6.45) is 2.14. The van der Waals surface area contributed by atoms with Crippen molar-refractivity contribution >= 4 is 21.8 Å². The van der Waals surface area contributed by atoms with Gasteiger partial charge in [-0.3, -0.25) is 4.79 Å². The maximum Gasteiger partial charge on any atom is 0.273 e. The van der Waals surface area contributed by atoms with E-state index in [0.29, 0.717) is 5.69 Å². The van der Waals surface area contributed by atoms with E-state index >= 15 is 0 Å². The number of hydrogen-bond acceptors (Lipinski definition) is 3. The molecule has 0 saturated heterocycles. The van der Waals surface area contributed by atoms with Crippen LogP contribution in [0.5, 0.6) is 0 Å². The van der Waals surface area contributed by atoms with E-state index in [1.807, 2.05) is 31.2 Å². The molecular weight excluding hydrogens is 296 g/mol. The Balaban J connectivity index is 1.95. The summed E-state index contributed by atoms with van der Waals surface area (Å²) in [6.45, 7) is 1.96. The first-order valence-electron chi connectivity index (χ1n) is 5.61. The number of aromatic nitrogens is 1. The quantitative estimate of drug-likeness (QED) is 0.945. The average molecular weight is 309 g/mol. The average Bonchev–Trinajstić information content (AvgIpc) is 2.85. The van der Waals surface area contributed by atoms with Gasteiger partial charge in [-0.1, -0.05) is 39.3 Å². The minimum atomic E-state index is -0.219. The molecule has 2 rings (SSSR count). The molecule has 1 atom stereocenters. The molecular formula is C13H13BrN2O2. The predicted molar refractivity (Wildman–Crippen MR) is 71.3 cm³/mol. The van der Waals surface area contributed by atoms with Gasteiger partial charge in [-0.15, -0.1) is 0 Å². The molecule has 1 unspecified atom stereocenters. The summed E-state index contributed by atoms with van der Waals surface area (Å²) in [5.74, 6) is -0.219. The molecule has 0 aliphatic carbocycles. The third kappa shape index (κ3) is 3.20. The Morgan fingerprint density at radius 2 is 2.22 bits per heavy atom. The standard InChI is InChI=1S/C13H13BrN2O2/c1-9(8-10-4-2-3-5-11(10)14)15-13(17)12-6-7-18-16-12/h2-7,9H,8H2,1H3,(H,15,17). The predicted octanol–water partition coefficient (Wildman–Crippen LogP) is 2.80. The van der Waals surface area contributed by atoms with Crippen molar-refractivity contribution in [3.63, 3.8) is 0 Å². The molecule has 0 aliphatic heterocycles. The topological polar surface area (TPSA) is 55.1 Å². The Hall–Kier alpha value is -1.62. The van der Waals surface area contributed by atoms with Crippen molar-refractivity contribution in [1.82, 2.24) is 10.5 Å². The summed E-state index contributed by atoms with van der Waals surface area (Å²) in [4.78, 5) is 11.7. The van der Waals surface area contributed by atoms with Crippen molar-refractivity contribution in [2.24, 2.45) is 0 Å². The number of nitrogens with zero attached hydrogens (tertiary/aromatic N) is 1. The van der Waals surface area contributed by atoms with Gasteiger partial charge in [0.1, 0.15) is 6.26 Å². The van der Waals surface area contributed by atoms with Crippen molar-refractivity contribution in [2.75, 3.05) is 0 Å². The molecule has 2 aromatic rings. The molecule has 0 spiro atoms. The molecule has 94 valence electrons. The van der Waals surface area contributed by atoms with E-state index in [2.05, 4.69) is 30.9 Å². The maximum atomic E-state index is 11.7. The number of halogens is 1. The van der Waals surface area contributed by atoms with Crippen LogP contribution in [-0.4, -0.2) is 17.1 Å². The second kappa shape index (κ2) is 5.82. The lowest BCUT2D eigenvalue weighted by Gasteiger charge is -2.13. The van der Waals surface area contributed by atoms with Crippen LogP contribution in [0.15, 0.2) is 45.6 Å². The first-order chi connectivity index (χ1) is 8.66. The fraction of sp³-hybridized carbons (Fsp3) is 0.231. The molecule has 18 heavy (non-hydrogen) atoms. The van der Waals surface area contributed by atoms with Gasteiger partial charge >= 0.3 is 0 Å². The number of nitrogens with one attached hydrogen (secondary N) is 1. The monoisotopic (exact) mass is 308 g/mol. The molecule has 0 radical (unpaired) electrons. The van der Waals surface area contributed by atoms with E-state index in [1.165, 1.54) is 6.26 Å². The number of rotatable bonds is 4. The van der Waals surface area contributed by atoms with E-state index < -0.39 is 0 Å². The first-order valence-corrected chi connectivity index (χ1v) is 6.41. The molecule has 1 amide bonds. The minimum absolute atomic E-state index is 0.0212. The molecule has 1 heterocycles. The van der Waals surface area contributed by atoms with E-state index in [4.69, 9.17) is 0 Å². The fourth-order valence-electron chi connectivity index (χ4n) is 1.67. The van der Waals surface area contributed by atoms with Crippen molar-refractivity contribution in [1.29, 1.82) is 0 Å². The van der Waals surface area contributed by atoms with E-state index in [0.717, 1.165) is 16.5 Å². The Morgan fingerprint density at radius 3 is 2.89 bits per heavy atom. The summed E-state index contributed by atoms with van der Waals surface area (Å²) in [5, 5.41) is 6.47. The van der Waals surface area contributed by atoms with Crippen LogP contribution in [0.1, 0.15) is 23.0 Å². The Kier molecular flexibility index (Phi) is 4.15. The highest BCUT2D eigenvalue weighted by atomic mass is 79.9. The molecule has 0 fully saturated rings. The van der Waals surface area contributed by atoms with Crippen LogP contribution in [0.4, 0.5) is 0 Å². The van der Waals surface area contributed by atoms with Gasteiger partial charge in [0.25, 0.3) is 5.91 Å². The SMILES string of the molecule is CC(Cc1ccccc1Br)NC(=O)c1ccon1. The Bertz CT molecular complexity index is 526. The normalized spacial score (nSPS) is 12.1. The largest absolute Gasteiger partial charge is 0.364 e. The molecule has 1 aromatic heterocycles. The van der Waals surface area contributed by atoms with Crippen molar-refractivity contribution in [3.05, 3.63) is 52.3 Å². The van der Waals surface area contributed by atoms with Crippen LogP contribution in [0.3, 0.4) is 0 Å². The highest BCUT2D eigenvalue weighted by Gasteiger charge is 2.13. The van der Waals surface area contributed by atoms with Gasteiger partial charge in [0.05, 0.1) is 0 Å². The molecule has 1 aromatic carbocycles. The van der Waals surface area contributed by atoms with Crippen molar-refractivity contribution in [3.8, 4) is 0 Å². The lowest BCUT2D eigenvalue weighted by Crippen LogP contribution is -2.34. The summed E-state index contributed by atoms with van der Waals surface area (Å²) in [5.41, 5.74) is 1.46. The molecule has 1 N–H and O–H groups in total. The number of carbonyl (C=O) groups excluding carboxylic acids is 1. The van der Waals surface area contributed by atoms with Gasteiger partial charge in [0, 0.05) is 16.6 Å². The lowest BCUT2D eigenvalue weighted by molar-refractivity contribution is 0.0931. The van der Waals surface area contributed by atoms with Gasteiger partial charge in [0.15, 0.2) is 5.69 Å². The van der Waals surface area contributed by atoms with Crippen LogP contribution >= 0.6 is 15.9 Å². The van der Waals surface area contributed by atoms with Gasteiger partial charge in [0.2, 0.25) is 0 Å². The summed E-state index contributed by atoms with van der Waals surface area (Å²) in [6, 6.07) is 9.52. The van der Waals surface area contributed by atoms with E-state index in [1.54, 1.807) is 6.07 Å². The zero-order valence-electron chi connectivity index (χ0n) is 9.89. The maximum absolute atomic E-state index is 11.7. The van der Waals surface area contributed by atoms with Crippen LogP contribution < -0.4 is 5.32 Å². The lowest BCUT2D eigenvalue weighted by atomic mass is 10.1. The second-order valence-corrected chi connectivity index (χ2v) is 4.91. The van der Waals surface area contributed by atoms with Crippen molar-refractivity contribution < 1.29 is 9.32 Å². The van der Waals surface area contributed by atoms with Gasteiger partial charge < -0.3 is 9.84 Å². The third-order valence-electron chi connectivity index (χ3n) is 2.53. The zero-order chi connectivity index (χ0) is 13.0. The molecule has 0 bridgehead atoms. The minimum Gasteiger partial charge on any atom is -0.364 e. The summed E-state index contributed by atoms with van der Waals surface area (Å²) < 4.78 is 5.68. The van der Waals surface area contributed by atoms with Crippen molar-refractivity contribution in [2.45, 2.75) is 19.4 Å². The Labute approximate surface area is 113 Å². The van der Waals surface area contributed by atoms with Gasteiger partial charge in [-0.25, -0.2) is 0 Å². The molecule has 0 saturated carbocycles. The van der Waals surface area contributed by atoms with Gasteiger partial charge in [-0.05, 0) is 25.0 Å². The number of benzene rings is 1. The number of carbonyl (C=O) groups is 1. The van der Waals surface area contributed by atoms with E-state index in [9.17, 15) is 4.79 Å². The molecule has 5 heteroatoms. The van der Waals surface area contributed by atoms with Crippen LogP contribution in [0.2, 0.25) is 0 Å². The van der Waals surface area contributed by atoms with Gasteiger partial charge in [-0.2, -0.15) is 0 Å². The zero-order valence-corrected chi connectivity index (χ0v) is 11.5.